The summed E-state index contributed by atoms with van der Waals surface area (Å²) in [5.74, 6) is 0. The molecular weight excluding hydrogens is 184 g/mol. The molecule has 0 bridgehead atoms. The van der Waals surface area contributed by atoms with Crippen molar-refractivity contribution in [3.8, 4) is 0 Å². The predicted molar refractivity (Wildman–Crippen MR) is 64.8 cm³/mol. The molecular formula is C13H20N2. The van der Waals surface area contributed by atoms with E-state index in [1.54, 1.807) is 0 Å². The van der Waals surface area contributed by atoms with Gasteiger partial charge in [0.2, 0.25) is 0 Å². The first kappa shape index (κ1) is 11.9. The minimum atomic E-state index is 0.550. The molecule has 0 spiro atoms. The van der Waals surface area contributed by atoms with Gasteiger partial charge in [-0.15, -0.1) is 6.58 Å². The lowest BCUT2D eigenvalue weighted by Crippen LogP contribution is -2.27. The third-order valence-electron chi connectivity index (χ3n) is 2.57. The Morgan fingerprint density at radius 2 is 2.47 bits per heavy atom. The molecule has 2 nitrogen and oxygen atoms in total. The summed E-state index contributed by atoms with van der Waals surface area (Å²) < 4.78 is 0. The Morgan fingerprint density at radius 1 is 1.60 bits per heavy atom. The van der Waals surface area contributed by atoms with Crippen LogP contribution in [0.1, 0.15) is 24.8 Å². The van der Waals surface area contributed by atoms with Crippen molar-refractivity contribution in [2.24, 2.45) is 0 Å². The highest BCUT2D eigenvalue weighted by Crippen LogP contribution is 2.07. The van der Waals surface area contributed by atoms with Crippen LogP contribution in [0.5, 0.6) is 0 Å². The van der Waals surface area contributed by atoms with Crippen LogP contribution < -0.4 is 5.32 Å². The van der Waals surface area contributed by atoms with Crippen molar-refractivity contribution in [1.29, 1.82) is 0 Å². The van der Waals surface area contributed by atoms with Gasteiger partial charge in [0.25, 0.3) is 0 Å². The van der Waals surface area contributed by atoms with E-state index in [4.69, 9.17) is 0 Å². The molecule has 1 aromatic rings. The number of unbranched alkanes of at least 4 members (excludes halogenated alkanes) is 1. The van der Waals surface area contributed by atoms with Gasteiger partial charge in [0.1, 0.15) is 0 Å². The summed E-state index contributed by atoms with van der Waals surface area (Å²) in [6, 6.07) is 4.67. The Morgan fingerprint density at radius 3 is 3.07 bits per heavy atom. The summed E-state index contributed by atoms with van der Waals surface area (Å²) in [7, 11) is 2.02. The number of nitrogens with one attached hydrogen (secondary N) is 1. The van der Waals surface area contributed by atoms with Crippen molar-refractivity contribution in [2.75, 3.05) is 7.05 Å². The fraction of sp³-hybridized carbons (Fsp3) is 0.462. The highest BCUT2D eigenvalue weighted by Gasteiger charge is 2.06. The van der Waals surface area contributed by atoms with Crippen LogP contribution in [-0.4, -0.2) is 18.1 Å². The van der Waals surface area contributed by atoms with Gasteiger partial charge in [-0.3, -0.25) is 4.98 Å². The van der Waals surface area contributed by atoms with Crippen molar-refractivity contribution in [3.05, 3.63) is 42.7 Å². The molecule has 82 valence electrons. The number of hydrogen-bond donors (Lipinski definition) is 1. The first-order valence-electron chi connectivity index (χ1n) is 5.54. The van der Waals surface area contributed by atoms with Gasteiger partial charge in [-0.1, -0.05) is 12.1 Å². The van der Waals surface area contributed by atoms with Gasteiger partial charge in [-0.2, -0.15) is 0 Å². The standard InChI is InChI=1S/C13H20N2/c1-3-4-5-8-13(14-2)10-12-7-6-9-15-11-12/h3,6-7,9,11,13-14H,1,4-5,8,10H2,2H3. The quantitative estimate of drug-likeness (QED) is 0.545. The maximum atomic E-state index is 4.12. The van der Waals surface area contributed by atoms with Gasteiger partial charge in [0.05, 0.1) is 0 Å². The second-order valence-electron chi connectivity index (χ2n) is 3.77. The smallest absolute Gasteiger partial charge is 0.0300 e. The summed E-state index contributed by atoms with van der Waals surface area (Å²) in [5.41, 5.74) is 1.30. The van der Waals surface area contributed by atoms with Gasteiger partial charge in [-0.25, -0.2) is 0 Å². The van der Waals surface area contributed by atoms with Gasteiger partial charge in [0.15, 0.2) is 0 Å². The SMILES string of the molecule is C=CCCCC(Cc1cccnc1)NC. The van der Waals surface area contributed by atoms with Crippen LogP contribution in [0.2, 0.25) is 0 Å². The molecule has 1 unspecified atom stereocenters. The Hall–Kier alpha value is -1.15. The lowest BCUT2D eigenvalue weighted by atomic mass is 10.0. The van der Waals surface area contributed by atoms with E-state index < -0.39 is 0 Å². The highest BCUT2D eigenvalue weighted by molar-refractivity contribution is 5.10. The molecule has 0 saturated heterocycles. The molecule has 0 aliphatic heterocycles. The van der Waals surface area contributed by atoms with Crippen LogP contribution >= 0.6 is 0 Å². The normalized spacial score (nSPS) is 12.3. The Bertz CT molecular complexity index is 269. The van der Waals surface area contributed by atoms with Crippen LogP contribution in [0.3, 0.4) is 0 Å². The molecule has 1 atom stereocenters. The van der Waals surface area contributed by atoms with Gasteiger partial charge >= 0.3 is 0 Å². The Balaban J connectivity index is 2.36. The van der Waals surface area contributed by atoms with Gasteiger partial charge < -0.3 is 5.32 Å². The van der Waals surface area contributed by atoms with Gasteiger partial charge in [-0.05, 0) is 44.4 Å². The van der Waals surface area contributed by atoms with E-state index in [0.717, 1.165) is 12.8 Å². The van der Waals surface area contributed by atoms with E-state index >= 15 is 0 Å². The van der Waals surface area contributed by atoms with E-state index in [1.165, 1.54) is 18.4 Å². The van der Waals surface area contributed by atoms with Crippen LogP contribution in [0.15, 0.2) is 37.2 Å². The van der Waals surface area contributed by atoms with E-state index in [1.807, 2.05) is 31.6 Å². The number of pyridine rings is 1. The first-order chi connectivity index (χ1) is 7.36. The van der Waals surface area contributed by atoms with Crippen molar-refractivity contribution in [1.82, 2.24) is 10.3 Å². The molecule has 0 aromatic carbocycles. The molecule has 0 aliphatic carbocycles. The van der Waals surface area contributed by atoms with Crippen molar-refractivity contribution in [3.63, 3.8) is 0 Å². The lowest BCUT2D eigenvalue weighted by Gasteiger charge is -2.15. The maximum absolute atomic E-state index is 4.12. The van der Waals surface area contributed by atoms with Crippen LogP contribution in [0, 0.1) is 0 Å². The van der Waals surface area contributed by atoms with Crippen LogP contribution in [-0.2, 0) is 6.42 Å². The third-order valence-corrected chi connectivity index (χ3v) is 2.57. The Labute approximate surface area is 92.4 Å². The van der Waals surface area contributed by atoms with Crippen molar-refractivity contribution in [2.45, 2.75) is 31.7 Å². The number of likely N-dealkylation sites (N-methyl/N-ethyl adjacent to an activating group) is 1. The van der Waals surface area contributed by atoms with Gasteiger partial charge in [0, 0.05) is 18.4 Å². The zero-order chi connectivity index (χ0) is 10.9. The predicted octanol–water partition coefficient (Wildman–Crippen LogP) is 2.57. The fourth-order valence-electron chi connectivity index (χ4n) is 1.66. The molecule has 0 radical (unpaired) electrons. The van der Waals surface area contributed by atoms with E-state index in [0.29, 0.717) is 6.04 Å². The summed E-state index contributed by atoms with van der Waals surface area (Å²) in [5, 5.41) is 3.35. The number of rotatable bonds is 7. The Kier molecular flexibility index (Phi) is 5.71. The van der Waals surface area contributed by atoms with E-state index in [-0.39, 0.29) is 0 Å². The van der Waals surface area contributed by atoms with Crippen molar-refractivity contribution >= 4 is 0 Å². The molecule has 1 N–H and O–H groups in total. The average molecular weight is 204 g/mol. The zero-order valence-corrected chi connectivity index (χ0v) is 9.45. The fourth-order valence-corrected chi connectivity index (χ4v) is 1.66. The molecule has 15 heavy (non-hydrogen) atoms. The maximum Gasteiger partial charge on any atom is 0.0300 e. The van der Waals surface area contributed by atoms with E-state index in [9.17, 15) is 0 Å². The number of nitrogens with zero attached hydrogens (tertiary/aromatic N) is 1. The molecule has 0 amide bonds. The second-order valence-corrected chi connectivity index (χ2v) is 3.77. The summed E-state index contributed by atoms with van der Waals surface area (Å²) in [4.78, 5) is 4.12. The zero-order valence-electron chi connectivity index (χ0n) is 9.45. The molecule has 0 saturated carbocycles. The number of hydrogen-bond acceptors (Lipinski definition) is 2. The second kappa shape index (κ2) is 7.18. The molecule has 2 heteroatoms. The molecule has 0 fully saturated rings. The monoisotopic (exact) mass is 204 g/mol. The average Bonchev–Trinajstić information content (AvgIpc) is 2.29. The number of aromatic nitrogens is 1. The molecule has 0 aliphatic rings. The molecule has 1 heterocycles. The third kappa shape index (κ3) is 4.75. The first-order valence-corrected chi connectivity index (χ1v) is 5.54. The topological polar surface area (TPSA) is 24.9 Å². The van der Waals surface area contributed by atoms with E-state index in [2.05, 4.69) is 22.9 Å². The molecule has 1 aromatic heterocycles. The molecule has 1 rings (SSSR count). The van der Waals surface area contributed by atoms with Crippen molar-refractivity contribution < 1.29 is 0 Å². The summed E-state index contributed by atoms with van der Waals surface area (Å²) >= 11 is 0. The largest absolute Gasteiger partial charge is 0.317 e. The lowest BCUT2D eigenvalue weighted by molar-refractivity contribution is 0.504. The van der Waals surface area contributed by atoms with Crippen LogP contribution in [0.4, 0.5) is 0 Å². The summed E-state index contributed by atoms with van der Waals surface area (Å²) in [6.45, 7) is 3.74. The highest BCUT2D eigenvalue weighted by atomic mass is 14.9. The van der Waals surface area contributed by atoms with Crippen LogP contribution in [0.25, 0.3) is 0 Å². The minimum absolute atomic E-state index is 0.550. The minimum Gasteiger partial charge on any atom is -0.317 e. The number of allylic oxidation sites excluding steroid dienone is 1. The summed E-state index contributed by atoms with van der Waals surface area (Å²) in [6.07, 6.45) is 10.3.